The molecule has 1 N–H and O–H groups in total. The third-order valence-corrected chi connectivity index (χ3v) is 7.73. The van der Waals surface area contributed by atoms with Crippen molar-refractivity contribution in [2.45, 2.75) is 31.2 Å². The number of nitrogens with one attached hydrogen (secondary N) is 1. The Morgan fingerprint density at radius 1 is 1.00 bits per heavy atom. The molecule has 0 aliphatic carbocycles. The van der Waals surface area contributed by atoms with Crippen molar-refractivity contribution in [3.63, 3.8) is 0 Å². The maximum absolute atomic E-state index is 13.6. The van der Waals surface area contributed by atoms with Crippen LogP contribution in [0.4, 0.5) is 10.2 Å². The Balaban J connectivity index is 1.56. The van der Waals surface area contributed by atoms with Gasteiger partial charge >= 0.3 is 5.82 Å². The molecule has 1 heterocycles. The van der Waals surface area contributed by atoms with Crippen LogP contribution in [0.5, 0.6) is 0 Å². The topological polar surface area (TPSA) is 107 Å². The minimum Gasteiger partial charge on any atom is -0.358 e. The second-order valence-electron chi connectivity index (χ2n) is 9.00. The zero-order valence-electron chi connectivity index (χ0n) is 21.1. The van der Waals surface area contributed by atoms with Crippen LogP contribution in [0.2, 0.25) is 0 Å². The lowest BCUT2D eigenvalue weighted by molar-refractivity contribution is -0.392. The molecule has 0 amide bonds. The first-order valence-electron chi connectivity index (χ1n) is 11.8. The van der Waals surface area contributed by atoms with E-state index in [4.69, 9.17) is 0 Å². The summed E-state index contributed by atoms with van der Waals surface area (Å²) in [5.41, 5.74) is 3.48. The Kier molecular flexibility index (Phi) is 7.84. The van der Waals surface area contributed by atoms with E-state index in [9.17, 15) is 22.9 Å². The summed E-state index contributed by atoms with van der Waals surface area (Å²) in [4.78, 5) is 15.3. The Morgan fingerprint density at radius 3 is 2.24 bits per heavy atom. The van der Waals surface area contributed by atoms with Crippen molar-refractivity contribution in [2.24, 2.45) is 7.05 Å². The standard InChI is InChI=1S/C28H27FN4O4S/c1-19-4-15-25(16-5-19)38(36,37)31-27(23-11-13-24(29)14-12-23)18-22-8-6-21(7-9-22)10-17-26-28(33(34)35)32(3)20(2)30-26/h4-17,27,31H,18H2,1-3H3/b17-10+. The fourth-order valence-electron chi connectivity index (χ4n) is 4.02. The van der Waals surface area contributed by atoms with Gasteiger partial charge in [0.05, 0.1) is 18.0 Å². The van der Waals surface area contributed by atoms with Gasteiger partial charge < -0.3 is 10.1 Å². The van der Waals surface area contributed by atoms with E-state index >= 15 is 0 Å². The molecular weight excluding hydrogens is 507 g/mol. The normalized spacial score (nSPS) is 12.6. The van der Waals surface area contributed by atoms with Gasteiger partial charge in [0.15, 0.2) is 11.5 Å². The molecule has 0 spiro atoms. The van der Waals surface area contributed by atoms with Crippen LogP contribution < -0.4 is 4.72 Å². The van der Waals surface area contributed by atoms with Gasteiger partial charge in [0.1, 0.15) is 5.82 Å². The largest absolute Gasteiger partial charge is 0.358 e. The van der Waals surface area contributed by atoms with Crippen LogP contribution in [0.1, 0.15) is 39.8 Å². The van der Waals surface area contributed by atoms with Gasteiger partial charge in [-0.25, -0.2) is 27.1 Å². The summed E-state index contributed by atoms with van der Waals surface area (Å²) in [5, 5.41) is 11.4. The zero-order chi connectivity index (χ0) is 27.4. The number of aromatic nitrogens is 2. The van der Waals surface area contributed by atoms with Crippen LogP contribution in [0, 0.1) is 29.8 Å². The third-order valence-electron chi connectivity index (χ3n) is 6.24. The average Bonchev–Trinajstić information content (AvgIpc) is 3.17. The maximum Gasteiger partial charge on any atom is 0.350 e. The summed E-state index contributed by atoms with van der Waals surface area (Å²) in [6, 6.07) is 19.0. The van der Waals surface area contributed by atoms with E-state index in [1.807, 2.05) is 31.2 Å². The molecular formula is C28H27FN4O4S. The van der Waals surface area contributed by atoms with Crippen LogP contribution in [0.25, 0.3) is 12.2 Å². The van der Waals surface area contributed by atoms with Crippen LogP contribution in [-0.4, -0.2) is 22.9 Å². The van der Waals surface area contributed by atoms with Gasteiger partial charge in [-0.15, -0.1) is 0 Å². The van der Waals surface area contributed by atoms with Crippen molar-refractivity contribution in [3.05, 3.63) is 123 Å². The molecule has 0 radical (unpaired) electrons. The first-order chi connectivity index (χ1) is 18.0. The first-order valence-corrected chi connectivity index (χ1v) is 13.3. The van der Waals surface area contributed by atoms with E-state index in [0.717, 1.165) is 16.7 Å². The summed E-state index contributed by atoms with van der Waals surface area (Å²) in [6.07, 6.45) is 3.65. The molecule has 10 heteroatoms. The molecule has 0 bridgehead atoms. The number of hydrogen-bond donors (Lipinski definition) is 1. The van der Waals surface area contributed by atoms with Crippen LogP contribution in [0.15, 0.2) is 77.7 Å². The molecule has 1 atom stereocenters. The summed E-state index contributed by atoms with van der Waals surface area (Å²) >= 11 is 0. The summed E-state index contributed by atoms with van der Waals surface area (Å²) in [5.74, 6) is 0.0401. The Labute approximate surface area is 220 Å². The molecule has 0 saturated carbocycles. The van der Waals surface area contributed by atoms with E-state index in [1.165, 1.54) is 16.7 Å². The number of sulfonamides is 1. The van der Waals surface area contributed by atoms with E-state index in [1.54, 1.807) is 62.5 Å². The maximum atomic E-state index is 13.6. The molecule has 0 aliphatic heterocycles. The molecule has 38 heavy (non-hydrogen) atoms. The number of imidazole rings is 1. The first kappa shape index (κ1) is 26.9. The summed E-state index contributed by atoms with van der Waals surface area (Å²) in [7, 11) is -2.24. The minimum absolute atomic E-state index is 0.0848. The molecule has 4 aromatic rings. The highest BCUT2D eigenvalue weighted by Crippen LogP contribution is 2.24. The van der Waals surface area contributed by atoms with Gasteiger partial charge in [0, 0.05) is 6.92 Å². The fraction of sp³-hybridized carbons (Fsp3) is 0.179. The van der Waals surface area contributed by atoms with Gasteiger partial charge in [-0.2, -0.15) is 0 Å². The van der Waals surface area contributed by atoms with Gasteiger partial charge in [-0.3, -0.25) is 0 Å². The predicted molar refractivity (Wildman–Crippen MR) is 144 cm³/mol. The summed E-state index contributed by atoms with van der Waals surface area (Å²) in [6.45, 7) is 3.58. The number of benzene rings is 3. The van der Waals surface area contributed by atoms with Crippen molar-refractivity contribution >= 4 is 28.0 Å². The second-order valence-corrected chi connectivity index (χ2v) is 10.7. The van der Waals surface area contributed by atoms with Crippen molar-refractivity contribution in [1.29, 1.82) is 0 Å². The van der Waals surface area contributed by atoms with Crippen molar-refractivity contribution in [1.82, 2.24) is 14.3 Å². The molecule has 1 unspecified atom stereocenters. The van der Waals surface area contributed by atoms with Crippen LogP contribution in [-0.2, 0) is 23.5 Å². The highest BCUT2D eigenvalue weighted by atomic mass is 32.2. The van der Waals surface area contributed by atoms with Crippen molar-refractivity contribution in [3.8, 4) is 0 Å². The zero-order valence-corrected chi connectivity index (χ0v) is 21.9. The van der Waals surface area contributed by atoms with Crippen molar-refractivity contribution in [2.75, 3.05) is 0 Å². The van der Waals surface area contributed by atoms with Crippen LogP contribution >= 0.6 is 0 Å². The fourth-order valence-corrected chi connectivity index (χ4v) is 5.25. The molecule has 4 rings (SSSR count). The van der Waals surface area contributed by atoms with E-state index in [0.29, 0.717) is 17.8 Å². The number of rotatable bonds is 9. The third kappa shape index (κ3) is 6.21. The number of hydrogen-bond acceptors (Lipinski definition) is 5. The van der Waals surface area contributed by atoms with Gasteiger partial charge in [0.25, 0.3) is 0 Å². The highest BCUT2D eigenvalue weighted by molar-refractivity contribution is 7.89. The smallest absolute Gasteiger partial charge is 0.350 e. The van der Waals surface area contributed by atoms with Crippen molar-refractivity contribution < 1.29 is 17.7 Å². The van der Waals surface area contributed by atoms with E-state index in [2.05, 4.69) is 9.71 Å². The monoisotopic (exact) mass is 534 g/mol. The average molecular weight is 535 g/mol. The number of nitro groups is 1. The minimum atomic E-state index is -3.83. The Bertz CT molecular complexity index is 1580. The number of nitrogens with zero attached hydrogens (tertiary/aromatic N) is 3. The quantitative estimate of drug-likeness (QED) is 0.225. The Morgan fingerprint density at radius 2 is 1.63 bits per heavy atom. The molecule has 3 aromatic carbocycles. The van der Waals surface area contributed by atoms with Gasteiger partial charge in [-0.1, -0.05) is 60.2 Å². The number of halogens is 1. The van der Waals surface area contributed by atoms with Gasteiger partial charge in [-0.05, 0) is 65.3 Å². The van der Waals surface area contributed by atoms with Crippen LogP contribution in [0.3, 0.4) is 0 Å². The molecule has 196 valence electrons. The molecule has 1 aromatic heterocycles. The molecule has 0 fully saturated rings. The lowest BCUT2D eigenvalue weighted by atomic mass is 9.99. The SMILES string of the molecule is Cc1ccc(S(=O)(=O)NC(Cc2ccc(/C=C/c3nc(C)n(C)c3[N+](=O)[O-])cc2)c2ccc(F)cc2)cc1. The van der Waals surface area contributed by atoms with E-state index < -0.39 is 26.8 Å². The second kappa shape index (κ2) is 11.1. The van der Waals surface area contributed by atoms with Gasteiger partial charge in [0.2, 0.25) is 10.0 Å². The summed E-state index contributed by atoms with van der Waals surface area (Å²) < 4.78 is 44.0. The lowest BCUT2D eigenvalue weighted by Gasteiger charge is -2.20. The molecule has 0 saturated heterocycles. The molecule has 8 nitrogen and oxygen atoms in total. The molecule has 0 aliphatic rings. The Hall–Kier alpha value is -4.15. The highest BCUT2D eigenvalue weighted by Gasteiger charge is 2.23. The van der Waals surface area contributed by atoms with E-state index in [-0.39, 0.29) is 16.4 Å². The number of aryl methyl sites for hydroxylation is 2. The predicted octanol–water partition coefficient (Wildman–Crippen LogP) is 5.52. The lowest BCUT2D eigenvalue weighted by Crippen LogP contribution is -2.30.